The van der Waals surface area contributed by atoms with Crippen molar-refractivity contribution in [3.63, 3.8) is 0 Å². The molecule has 0 aliphatic carbocycles. The highest BCUT2D eigenvalue weighted by Crippen LogP contribution is 2.55. The molecule has 0 aromatic heterocycles. The van der Waals surface area contributed by atoms with E-state index in [1.165, 1.54) is 48.5 Å². The molecule has 0 N–H and O–H groups in total. The molecule has 0 spiro atoms. The van der Waals surface area contributed by atoms with Gasteiger partial charge < -0.3 is 0 Å². The first-order valence-corrected chi connectivity index (χ1v) is 13.2. The summed E-state index contributed by atoms with van der Waals surface area (Å²) < 4.78 is 46.4. The molecule has 0 atom stereocenters. The van der Waals surface area contributed by atoms with E-state index in [1.54, 1.807) is 30.3 Å². The number of nitro benzene ring substituents is 1. The van der Waals surface area contributed by atoms with Gasteiger partial charge in [-0.25, -0.2) is 0 Å². The Bertz CT molecular complexity index is 1830. The summed E-state index contributed by atoms with van der Waals surface area (Å²) in [7, 11) is 0. The van der Waals surface area contributed by atoms with E-state index in [-0.39, 0.29) is 32.4 Å². The van der Waals surface area contributed by atoms with Gasteiger partial charge in [0, 0.05) is 33.3 Å². The number of nitrogens with zero attached hydrogens (tertiary/aromatic N) is 2. The van der Waals surface area contributed by atoms with Crippen LogP contribution >= 0.6 is 15.9 Å². The van der Waals surface area contributed by atoms with Crippen LogP contribution in [0.4, 0.5) is 18.9 Å². The zero-order chi connectivity index (χ0) is 29.3. The predicted octanol–water partition coefficient (Wildman–Crippen LogP) is 10.2. The molecule has 0 saturated carbocycles. The molecule has 0 heterocycles. The summed E-state index contributed by atoms with van der Waals surface area (Å²) in [4.78, 5) is 11.1. The van der Waals surface area contributed by atoms with Crippen LogP contribution in [-0.4, -0.2) is 4.92 Å². The molecule has 5 aromatic carbocycles. The van der Waals surface area contributed by atoms with Crippen LogP contribution in [0.3, 0.4) is 0 Å². The Balaban J connectivity index is 2.09. The number of rotatable bonds is 5. The van der Waals surface area contributed by atoms with E-state index in [4.69, 9.17) is 0 Å². The van der Waals surface area contributed by atoms with E-state index < -0.39 is 16.7 Å². The minimum atomic E-state index is -4.86. The molecule has 0 aliphatic heterocycles. The third-order valence-electron chi connectivity index (χ3n) is 6.85. The van der Waals surface area contributed by atoms with E-state index in [1.807, 2.05) is 37.3 Å². The van der Waals surface area contributed by atoms with Crippen molar-refractivity contribution in [2.24, 2.45) is 0 Å². The molecule has 0 bridgehead atoms. The molecule has 0 radical (unpaired) electrons. The van der Waals surface area contributed by atoms with Gasteiger partial charge in [-0.3, -0.25) is 10.1 Å². The topological polar surface area (TPSA) is 66.9 Å². The van der Waals surface area contributed by atoms with Gasteiger partial charge in [0.2, 0.25) is 0 Å². The number of aryl methyl sites for hydroxylation is 1. The number of non-ortho nitro benzene ring substituents is 1. The fourth-order valence-electron chi connectivity index (χ4n) is 5.05. The molecule has 202 valence electrons. The Labute approximate surface area is 242 Å². The van der Waals surface area contributed by atoms with Gasteiger partial charge in [0.15, 0.2) is 0 Å². The normalized spacial score (nSPS) is 11.2. The zero-order valence-corrected chi connectivity index (χ0v) is 23.1. The molecule has 5 rings (SSSR count). The van der Waals surface area contributed by atoms with Crippen LogP contribution in [-0.2, 0) is 6.18 Å². The minimum Gasteiger partial charge on any atom is -0.258 e. The van der Waals surface area contributed by atoms with Gasteiger partial charge in [-0.05, 0) is 68.4 Å². The van der Waals surface area contributed by atoms with Gasteiger partial charge >= 0.3 is 6.18 Å². The molecule has 41 heavy (non-hydrogen) atoms. The molecule has 0 saturated heterocycles. The monoisotopic (exact) mass is 612 g/mol. The second-order valence-electron chi connectivity index (χ2n) is 9.36. The highest BCUT2D eigenvalue weighted by molar-refractivity contribution is 9.10. The quantitative estimate of drug-likeness (QED) is 0.146. The van der Waals surface area contributed by atoms with Crippen LogP contribution < -0.4 is 0 Å². The van der Waals surface area contributed by atoms with E-state index >= 15 is 13.2 Å². The van der Waals surface area contributed by atoms with Crippen molar-refractivity contribution in [1.29, 1.82) is 5.26 Å². The van der Waals surface area contributed by atoms with Crippen molar-refractivity contribution >= 4 is 21.6 Å². The van der Waals surface area contributed by atoms with E-state index in [2.05, 4.69) is 15.9 Å². The average Bonchev–Trinajstić information content (AvgIpc) is 2.97. The van der Waals surface area contributed by atoms with Crippen molar-refractivity contribution in [2.75, 3.05) is 0 Å². The lowest BCUT2D eigenvalue weighted by molar-refractivity contribution is -0.384. The molecule has 0 unspecified atom stereocenters. The summed E-state index contributed by atoms with van der Waals surface area (Å²) in [5.74, 6) is 0. The SMILES string of the molecule is Cc1ccccc1-c1c(-c2ccccc2)c(Br)c(-c2ccc(C#N)cc2)c(C(F)(F)F)c1-c1cccc([N+](=O)[O-])c1. The van der Waals surface area contributed by atoms with Crippen LogP contribution in [0, 0.1) is 28.4 Å². The third-order valence-corrected chi connectivity index (χ3v) is 7.64. The summed E-state index contributed by atoms with van der Waals surface area (Å²) in [6, 6.07) is 29.3. The van der Waals surface area contributed by atoms with Gasteiger partial charge in [0.05, 0.1) is 22.1 Å². The lowest BCUT2D eigenvalue weighted by atomic mass is 9.79. The van der Waals surface area contributed by atoms with Crippen molar-refractivity contribution in [2.45, 2.75) is 13.1 Å². The van der Waals surface area contributed by atoms with Crippen molar-refractivity contribution < 1.29 is 18.1 Å². The Morgan fingerprint density at radius 3 is 1.98 bits per heavy atom. The number of benzene rings is 5. The first-order chi connectivity index (χ1) is 19.6. The Morgan fingerprint density at radius 2 is 1.37 bits per heavy atom. The minimum absolute atomic E-state index is 0.0596. The summed E-state index contributed by atoms with van der Waals surface area (Å²) >= 11 is 3.58. The molecular formula is C33H20BrF3N2O2. The zero-order valence-electron chi connectivity index (χ0n) is 21.5. The fourth-order valence-corrected chi connectivity index (χ4v) is 5.90. The maximum atomic E-state index is 15.4. The molecule has 0 aliphatic rings. The largest absolute Gasteiger partial charge is 0.417 e. The van der Waals surface area contributed by atoms with Crippen LogP contribution in [0.1, 0.15) is 16.7 Å². The van der Waals surface area contributed by atoms with Gasteiger partial charge in [-0.2, -0.15) is 18.4 Å². The summed E-state index contributed by atoms with van der Waals surface area (Å²) in [5.41, 5.74) is 1.81. The highest BCUT2D eigenvalue weighted by Gasteiger charge is 2.41. The van der Waals surface area contributed by atoms with Gasteiger partial charge in [-0.1, -0.05) is 78.9 Å². The van der Waals surface area contributed by atoms with E-state index in [0.717, 1.165) is 5.56 Å². The van der Waals surface area contributed by atoms with Crippen molar-refractivity contribution in [1.82, 2.24) is 0 Å². The summed E-state index contributed by atoms with van der Waals surface area (Å²) in [6.45, 7) is 1.82. The van der Waals surface area contributed by atoms with Gasteiger partial charge in [0.25, 0.3) is 5.69 Å². The summed E-state index contributed by atoms with van der Waals surface area (Å²) in [5, 5.41) is 21.0. The number of hydrogen-bond donors (Lipinski definition) is 0. The number of halogens is 4. The fraction of sp³-hybridized carbons (Fsp3) is 0.0606. The maximum absolute atomic E-state index is 15.4. The Hall–Kier alpha value is -4.74. The lowest BCUT2D eigenvalue weighted by Gasteiger charge is -2.27. The molecular weight excluding hydrogens is 593 g/mol. The lowest BCUT2D eigenvalue weighted by Crippen LogP contribution is -2.13. The van der Waals surface area contributed by atoms with Crippen LogP contribution in [0.2, 0.25) is 0 Å². The van der Waals surface area contributed by atoms with Crippen LogP contribution in [0.25, 0.3) is 44.5 Å². The first-order valence-electron chi connectivity index (χ1n) is 12.4. The molecule has 0 fully saturated rings. The van der Waals surface area contributed by atoms with Crippen LogP contribution in [0.15, 0.2) is 108 Å². The molecule has 0 amide bonds. The standard InChI is InChI=1S/C33H20BrF3N2O2/c1-20-8-5-6-13-26(20)30-27(24-11-7-12-25(18-24)39(40)41)31(33(35,36)37)29(23-16-14-21(19-38)15-17-23)32(34)28(30)22-9-3-2-4-10-22/h2-18H,1H3. The Kier molecular flexibility index (Phi) is 7.48. The first kappa shape index (κ1) is 27.8. The maximum Gasteiger partial charge on any atom is 0.417 e. The van der Waals surface area contributed by atoms with E-state index in [0.29, 0.717) is 27.8 Å². The highest BCUT2D eigenvalue weighted by atomic mass is 79.9. The van der Waals surface area contributed by atoms with Gasteiger partial charge in [-0.15, -0.1) is 0 Å². The number of hydrogen-bond acceptors (Lipinski definition) is 3. The second kappa shape index (κ2) is 11.0. The number of nitro groups is 1. The Morgan fingerprint density at radius 1 is 0.756 bits per heavy atom. The third kappa shape index (κ3) is 5.24. The number of alkyl halides is 3. The molecule has 4 nitrogen and oxygen atoms in total. The molecule has 5 aromatic rings. The number of nitriles is 1. The summed E-state index contributed by atoms with van der Waals surface area (Å²) in [6.07, 6.45) is -4.86. The van der Waals surface area contributed by atoms with Crippen molar-refractivity contribution in [3.05, 3.63) is 134 Å². The molecule has 8 heteroatoms. The van der Waals surface area contributed by atoms with Gasteiger partial charge in [0.1, 0.15) is 0 Å². The van der Waals surface area contributed by atoms with Crippen molar-refractivity contribution in [3.8, 4) is 50.6 Å². The van der Waals surface area contributed by atoms with E-state index in [9.17, 15) is 15.4 Å². The average molecular weight is 613 g/mol. The second-order valence-corrected chi connectivity index (χ2v) is 10.2. The smallest absolute Gasteiger partial charge is 0.258 e. The van der Waals surface area contributed by atoms with Crippen LogP contribution in [0.5, 0.6) is 0 Å². The predicted molar refractivity (Wildman–Crippen MR) is 157 cm³/mol.